The van der Waals surface area contributed by atoms with Gasteiger partial charge in [0.25, 0.3) is 11.5 Å². The average Bonchev–Trinajstić information content (AvgIpc) is 3.62. The SMILES string of the molecule is Cc1nc(N2CC3CC2CN3Cc2ccccc2)nc2c1ccc(=O)n2-c1ccc(C(=O)NCc2ccc(F)cc2F)cc1. The summed E-state index contributed by atoms with van der Waals surface area (Å²) in [4.78, 5) is 40.5. The van der Waals surface area contributed by atoms with Gasteiger partial charge in [-0.15, -0.1) is 0 Å². The number of anilines is 1. The summed E-state index contributed by atoms with van der Waals surface area (Å²) in [6, 6.07) is 24.3. The van der Waals surface area contributed by atoms with E-state index in [4.69, 9.17) is 9.97 Å². The lowest BCUT2D eigenvalue weighted by molar-refractivity contribution is 0.0950. The van der Waals surface area contributed by atoms with Crippen LogP contribution < -0.4 is 15.8 Å². The third-order valence-electron chi connectivity index (χ3n) is 8.61. The summed E-state index contributed by atoms with van der Waals surface area (Å²) in [5.41, 5.74) is 3.42. The van der Waals surface area contributed by atoms with E-state index in [1.54, 1.807) is 34.9 Å². The van der Waals surface area contributed by atoms with Crippen molar-refractivity contribution in [1.82, 2.24) is 24.8 Å². The number of amides is 1. The van der Waals surface area contributed by atoms with Gasteiger partial charge in [-0.1, -0.05) is 36.4 Å². The number of nitrogens with zero attached hydrogens (tertiary/aromatic N) is 5. The van der Waals surface area contributed by atoms with E-state index < -0.39 is 17.5 Å². The van der Waals surface area contributed by atoms with Gasteiger partial charge in [0, 0.05) is 66.9 Å². The van der Waals surface area contributed by atoms with Crippen LogP contribution in [0.15, 0.2) is 89.7 Å². The second kappa shape index (κ2) is 11.3. The quantitative estimate of drug-likeness (QED) is 0.294. The lowest BCUT2D eigenvalue weighted by atomic mass is 10.1. The number of carbonyl (C=O) groups is 1. The number of pyridine rings is 1. The fourth-order valence-corrected chi connectivity index (χ4v) is 6.34. The molecule has 2 aliphatic rings. The molecule has 222 valence electrons. The van der Waals surface area contributed by atoms with Crippen LogP contribution in [0.25, 0.3) is 16.7 Å². The van der Waals surface area contributed by atoms with Crippen molar-refractivity contribution in [3.63, 3.8) is 0 Å². The molecule has 2 aromatic heterocycles. The monoisotopic (exact) mass is 592 g/mol. The number of nitrogens with one attached hydrogen (secondary N) is 1. The number of piperazine rings is 1. The molecule has 0 spiro atoms. The van der Waals surface area contributed by atoms with Gasteiger partial charge >= 0.3 is 0 Å². The molecule has 2 atom stereocenters. The Morgan fingerprint density at radius 3 is 2.45 bits per heavy atom. The molecule has 0 saturated carbocycles. The highest BCUT2D eigenvalue weighted by Gasteiger charge is 2.44. The Morgan fingerprint density at radius 1 is 0.932 bits per heavy atom. The number of aryl methyl sites for hydroxylation is 1. The Labute approximate surface area is 252 Å². The summed E-state index contributed by atoms with van der Waals surface area (Å²) in [5.74, 6) is -1.21. The number of aromatic nitrogens is 3. The summed E-state index contributed by atoms with van der Waals surface area (Å²) in [7, 11) is 0. The third kappa shape index (κ3) is 5.22. The number of carbonyl (C=O) groups excluding carboxylic acids is 1. The van der Waals surface area contributed by atoms with Gasteiger partial charge in [-0.3, -0.25) is 19.1 Å². The summed E-state index contributed by atoms with van der Waals surface area (Å²) < 4.78 is 28.7. The van der Waals surface area contributed by atoms with Gasteiger partial charge < -0.3 is 10.2 Å². The minimum Gasteiger partial charge on any atom is -0.348 e. The summed E-state index contributed by atoms with van der Waals surface area (Å²) >= 11 is 0. The zero-order valence-corrected chi connectivity index (χ0v) is 24.1. The molecule has 1 N–H and O–H groups in total. The number of halogens is 2. The molecule has 2 fully saturated rings. The molecule has 7 rings (SSSR count). The second-order valence-corrected chi connectivity index (χ2v) is 11.4. The van der Waals surface area contributed by atoms with E-state index in [1.807, 2.05) is 13.0 Å². The maximum absolute atomic E-state index is 14.0. The van der Waals surface area contributed by atoms with Crippen LogP contribution in [-0.2, 0) is 13.1 Å². The predicted octanol–water partition coefficient (Wildman–Crippen LogP) is 4.76. The van der Waals surface area contributed by atoms with Crippen molar-refractivity contribution in [3.8, 4) is 5.69 Å². The van der Waals surface area contributed by atoms with Crippen molar-refractivity contribution < 1.29 is 13.6 Å². The Bertz CT molecular complexity index is 1930. The first-order valence-electron chi connectivity index (χ1n) is 14.6. The molecule has 44 heavy (non-hydrogen) atoms. The van der Waals surface area contributed by atoms with Crippen LogP contribution in [-0.4, -0.2) is 50.5 Å². The lowest BCUT2D eigenvalue weighted by Gasteiger charge is -2.34. The van der Waals surface area contributed by atoms with Crippen molar-refractivity contribution in [2.75, 3.05) is 18.0 Å². The first kappa shape index (κ1) is 27.8. The van der Waals surface area contributed by atoms with Crippen LogP contribution >= 0.6 is 0 Å². The van der Waals surface area contributed by atoms with Crippen molar-refractivity contribution in [3.05, 3.63) is 129 Å². The first-order chi connectivity index (χ1) is 21.3. The average molecular weight is 593 g/mol. The largest absolute Gasteiger partial charge is 0.348 e. The summed E-state index contributed by atoms with van der Waals surface area (Å²) in [5, 5.41) is 3.42. The Kier molecular flexibility index (Phi) is 7.14. The Hall–Kier alpha value is -4.96. The van der Waals surface area contributed by atoms with Crippen LogP contribution in [0, 0.1) is 18.6 Å². The van der Waals surface area contributed by atoms with E-state index >= 15 is 0 Å². The Balaban J connectivity index is 1.12. The van der Waals surface area contributed by atoms with E-state index in [1.165, 1.54) is 17.7 Å². The first-order valence-corrected chi connectivity index (χ1v) is 14.6. The molecular formula is C34H30F2N6O2. The number of rotatable bonds is 7. The summed E-state index contributed by atoms with van der Waals surface area (Å²) in [6.07, 6.45) is 1.05. The molecule has 0 aliphatic carbocycles. The maximum Gasteiger partial charge on any atom is 0.256 e. The molecule has 2 unspecified atom stereocenters. The van der Waals surface area contributed by atoms with Crippen LogP contribution in [0.4, 0.5) is 14.7 Å². The Morgan fingerprint density at radius 2 is 1.73 bits per heavy atom. The van der Waals surface area contributed by atoms with Crippen molar-refractivity contribution in [2.45, 2.75) is 38.5 Å². The topological polar surface area (TPSA) is 83.4 Å². The van der Waals surface area contributed by atoms with Crippen LogP contribution in [0.5, 0.6) is 0 Å². The minimum atomic E-state index is -0.723. The van der Waals surface area contributed by atoms with Crippen LogP contribution in [0.3, 0.4) is 0 Å². The highest BCUT2D eigenvalue weighted by atomic mass is 19.1. The molecule has 5 aromatic rings. The molecule has 2 aliphatic heterocycles. The smallest absolute Gasteiger partial charge is 0.256 e. The molecule has 2 bridgehead atoms. The molecule has 3 aromatic carbocycles. The highest BCUT2D eigenvalue weighted by Crippen LogP contribution is 2.35. The van der Waals surface area contributed by atoms with E-state index in [2.05, 4.69) is 39.4 Å². The lowest BCUT2D eigenvalue weighted by Crippen LogP contribution is -2.46. The highest BCUT2D eigenvalue weighted by molar-refractivity contribution is 5.94. The zero-order valence-electron chi connectivity index (χ0n) is 24.1. The zero-order chi connectivity index (χ0) is 30.4. The van der Waals surface area contributed by atoms with Gasteiger partial charge in [0.05, 0.1) is 11.4 Å². The normalized spacial score (nSPS) is 17.8. The van der Waals surface area contributed by atoms with Crippen molar-refractivity contribution in [1.29, 1.82) is 0 Å². The van der Waals surface area contributed by atoms with E-state index in [0.29, 0.717) is 34.9 Å². The van der Waals surface area contributed by atoms with Crippen molar-refractivity contribution in [2.24, 2.45) is 0 Å². The van der Waals surface area contributed by atoms with Gasteiger partial charge in [-0.05, 0) is 55.3 Å². The van der Waals surface area contributed by atoms with Gasteiger partial charge in [-0.2, -0.15) is 4.98 Å². The molecule has 10 heteroatoms. The van der Waals surface area contributed by atoms with Gasteiger partial charge in [0.2, 0.25) is 5.95 Å². The van der Waals surface area contributed by atoms with Gasteiger partial charge in [-0.25, -0.2) is 13.8 Å². The molecule has 4 heterocycles. The molecule has 2 saturated heterocycles. The van der Waals surface area contributed by atoms with E-state index in [-0.39, 0.29) is 17.7 Å². The maximum atomic E-state index is 14.0. The van der Waals surface area contributed by atoms with E-state index in [9.17, 15) is 18.4 Å². The fraction of sp³-hybridized carbons (Fsp3) is 0.235. The second-order valence-electron chi connectivity index (χ2n) is 11.4. The van der Waals surface area contributed by atoms with E-state index in [0.717, 1.165) is 49.3 Å². The van der Waals surface area contributed by atoms with Gasteiger partial charge in [0.15, 0.2) is 5.65 Å². The minimum absolute atomic E-state index is 0.0865. The predicted molar refractivity (Wildman–Crippen MR) is 164 cm³/mol. The van der Waals surface area contributed by atoms with Crippen LogP contribution in [0.2, 0.25) is 0 Å². The third-order valence-corrected chi connectivity index (χ3v) is 8.61. The standard InChI is InChI=1S/C34H30F2N6O2/c1-21-29-13-14-31(43)42(26-11-8-23(9-12-26)33(44)37-17-24-7-10-25(35)15-30(24)36)32(29)39-34(38-21)41-20-27-16-28(41)19-40(27)18-22-5-3-2-4-6-22/h2-15,27-28H,16-20H2,1H3,(H,37,44). The molecule has 1 amide bonds. The van der Waals surface area contributed by atoms with Crippen LogP contribution in [0.1, 0.15) is 33.6 Å². The number of hydrogen-bond acceptors (Lipinski definition) is 6. The molecule has 0 radical (unpaired) electrons. The number of benzene rings is 3. The van der Waals surface area contributed by atoms with Gasteiger partial charge in [0.1, 0.15) is 11.6 Å². The molecular weight excluding hydrogens is 562 g/mol. The van der Waals surface area contributed by atoms with Crippen molar-refractivity contribution >= 4 is 22.9 Å². The summed E-state index contributed by atoms with van der Waals surface area (Å²) in [6.45, 7) is 4.51. The molecule has 8 nitrogen and oxygen atoms in total. The number of fused-ring (bicyclic) bond motifs is 3. The number of hydrogen-bond donors (Lipinski definition) is 1. The number of likely N-dealkylation sites (tertiary alicyclic amines) is 1. The fourth-order valence-electron chi connectivity index (χ4n) is 6.34.